The summed E-state index contributed by atoms with van der Waals surface area (Å²) in [7, 11) is -8.92. The summed E-state index contributed by atoms with van der Waals surface area (Å²) < 4.78 is 88.0. The number of ether oxygens (including phenoxy) is 3. The second kappa shape index (κ2) is 10.7. The van der Waals surface area contributed by atoms with Gasteiger partial charge in [-0.1, -0.05) is 30.3 Å². The van der Waals surface area contributed by atoms with Crippen LogP contribution in [0.15, 0.2) is 30.3 Å². The van der Waals surface area contributed by atoms with Gasteiger partial charge in [-0.05, 0) is 12.5 Å². The van der Waals surface area contributed by atoms with Gasteiger partial charge < -0.3 is 14.2 Å². The van der Waals surface area contributed by atoms with E-state index in [1.54, 1.807) is 30.3 Å². The number of hydrogen-bond donors (Lipinski definition) is 2. The first kappa shape index (κ1) is 25.9. The maximum atomic E-state index is 11.3. The Labute approximate surface area is 185 Å². The normalized spacial score (nSPS) is 28.5. The molecule has 0 radical (unpaired) electrons. The molecule has 0 saturated carbocycles. The maximum Gasteiger partial charge on any atom is 1.00 e. The standard InChI is InChI=1S/C14H20O11S2.Na/c1-9-11(22-8-10-6-4-3-5-7-10)12(24-26(15,16)17)13(14(21-2)23-9)25-27(18,19)20;/h3-7,9,11-14H,8H2,1-2H3,(H,15,16,17)(H,18,19,20);/q;+1/t9-,11-,12+,13+,14+;/m0./s1. The molecule has 1 saturated heterocycles. The molecule has 0 unspecified atom stereocenters. The van der Waals surface area contributed by atoms with Crippen molar-refractivity contribution in [1.82, 2.24) is 0 Å². The Bertz CT molecular complexity index is 815. The molecule has 5 atom stereocenters. The van der Waals surface area contributed by atoms with Crippen LogP contribution in [-0.4, -0.2) is 63.8 Å². The Morgan fingerprint density at radius 1 is 0.964 bits per heavy atom. The molecular formula is C14H20NaO11S2+. The van der Waals surface area contributed by atoms with E-state index < -0.39 is 51.5 Å². The van der Waals surface area contributed by atoms with Crippen LogP contribution in [-0.2, 0) is 50.0 Å². The zero-order chi connectivity index (χ0) is 20.2. The summed E-state index contributed by atoms with van der Waals surface area (Å²) >= 11 is 0. The van der Waals surface area contributed by atoms with E-state index in [0.717, 1.165) is 12.7 Å². The summed E-state index contributed by atoms with van der Waals surface area (Å²) in [6.07, 6.45) is -6.93. The largest absolute Gasteiger partial charge is 1.00 e. The minimum absolute atomic E-state index is 0. The van der Waals surface area contributed by atoms with Gasteiger partial charge in [-0.2, -0.15) is 16.8 Å². The Hall–Kier alpha value is -0.160. The molecule has 0 spiro atoms. The molecule has 1 aromatic rings. The van der Waals surface area contributed by atoms with Crippen molar-refractivity contribution in [2.24, 2.45) is 0 Å². The zero-order valence-electron chi connectivity index (χ0n) is 15.4. The van der Waals surface area contributed by atoms with Crippen LogP contribution in [0.5, 0.6) is 0 Å². The van der Waals surface area contributed by atoms with Gasteiger partial charge in [-0.15, -0.1) is 0 Å². The van der Waals surface area contributed by atoms with Gasteiger partial charge in [0.15, 0.2) is 12.4 Å². The van der Waals surface area contributed by atoms with Crippen molar-refractivity contribution in [3.05, 3.63) is 35.9 Å². The minimum atomic E-state index is -5.04. The molecule has 14 heteroatoms. The number of methoxy groups -OCH3 is 1. The van der Waals surface area contributed by atoms with Crippen molar-refractivity contribution < 1.29 is 78.1 Å². The van der Waals surface area contributed by atoms with Crippen LogP contribution in [0, 0.1) is 0 Å². The van der Waals surface area contributed by atoms with Crippen LogP contribution in [0.25, 0.3) is 0 Å². The SMILES string of the molecule is CO[C@@H]1O[C@@H](C)[C@H](OCc2ccccc2)[C@@H](OS(=O)(=O)O)[C@H]1OS(=O)(=O)O.[Na+]. The third-order valence-electron chi connectivity index (χ3n) is 3.71. The van der Waals surface area contributed by atoms with Gasteiger partial charge in [0.1, 0.15) is 12.2 Å². The predicted molar refractivity (Wildman–Crippen MR) is 89.2 cm³/mol. The third-order valence-corrected chi connectivity index (χ3v) is 4.64. The fourth-order valence-electron chi connectivity index (χ4n) is 2.65. The topological polar surface area (TPSA) is 155 Å². The van der Waals surface area contributed by atoms with Crippen molar-refractivity contribution >= 4 is 20.8 Å². The molecule has 1 aromatic carbocycles. The van der Waals surface area contributed by atoms with E-state index in [-0.39, 0.29) is 36.2 Å². The Balaban J connectivity index is 0.00000392. The molecule has 0 aromatic heterocycles. The summed E-state index contributed by atoms with van der Waals surface area (Å²) in [5, 5.41) is 0. The predicted octanol–water partition coefficient (Wildman–Crippen LogP) is -2.66. The monoisotopic (exact) mass is 451 g/mol. The van der Waals surface area contributed by atoms with Gasteiger partial charge in [0.25, 0.3) is 0 Å². The molecule has 1 heterocycles. The number of benzene rings is 1. The van der Waals surface area contributed by atoms with Crippen molar-refractivity contribution in [2.75, 3.05) is 7.11 Å². The van der Waals surface area contributed by atoms with E-state index in [0.29, 0.717) is 0 Å². The molecule has 154 valence electrons. The molecular weight excluding hydrogens is 431 g/mol. The average Bonchev–Trinajstić information content (AvgIpc) is 2.55. The maximum absolute atomic E-state index is 11.3. The van der Waals surface area contributed by atoms with Crippen LogP contribution < -0.4 is 29.6 Å². The quantitative estimate of drug-likeness (QED) is 0.314. The average molecular weight is 451 g/mol. The molecule has 0 bridgehead atoms. The first-order valence-electron chi connectivity index (χ1n) is 7.65. The second-order valence-corrected chi connectivity index (χ2v) is 7.78. The van der Waals surface area contributed by atoms with Crippen molar-refractivity contribution in [3.63, 3.8) is 0 Å². The molecule has 2 rings (SSSR count). The summed E-state index contributed by atoms with van der Waals surface area (Å²) in [4.78, 5) is 0. The van der Waals surface area contributed by atoms with Gasteiger partial charge in [-0.3, -0.25) is 9.11 Å². The van der Waals surface area contributed by atoms with Crippen molar-refractivity contribution in [2.45, 2.75) is 44.2 Å². The van der Waals surface area contributed by atoms with Crippen LogP contribution in [0.3, 0.4) is 0 Å². The van der Waals surface area contributed by atoms with Gasteiger partial charge >= 0.3 is 50.4 Å². The van der Waals surface area contributed by atoms with Crippen molar-refractivity contribution in [1.29, 1.82) is 0 Å². The van der Waals surface area contributed by atoms with Crippen LogP contribution in [0.4, 0.5) is 0 Å². The van der Waals surface area contributed by atoms with Crippen LogP contribution in [0.1, 0.15) is 12.5 Å². The van der Waals surface area contributed by atoms with Gasteiger partial charge in [0, 0.05) is 7.11 Å². The smallest absolute Gasteiger partial charge is 0.368 e. The molecule has 2 N–H and O–H groups in total. The van der Waals surface area contributed by atoms with Gasteiger partial charge in [0.2, 0.25) is 0 Å². The fraction of sp³-hybridized carbons (Fsp3) is 0.571. The molecule has 1 aliphatic heterocycles. The Kier molecular flexibility index (Phi) is 9.93. The van der Waals surface area contributed by atoms with Crippen molar-refractivity contribution in [3.8, 4) is 0 Å². The number of rotatable bonds is 8. The molecule has 11 nitrogen and oxygen atoms in total. The zero-order valence-corrected chi connectivity index (χ0v) is 19.0. The van der Waals surface area contributed by atoms with E-state index >= 15 is 0 Å². The first-order valence-corrected chi connectivity index (χ1v) is 10.4. The number of hydrogen-bond acceptors (Lipinski definition) is 9. The van der Waals surface area contributed by atoms with Gasteiger partial charge in [0.05, 0.1) is 12.7 Å². The van der Waals surface area contributed by atoms with E-state index in [1.807, 2.05) is 0 Å². The van der Waals surface area contributed by atoms with E-state index in [4.69, 9.17) is 23.3 Å². The van der Waals surface area contributed by atoms with E-state index in [1.165, 1.54) is 6.92 Å². The minimum Gasteiger partial charge on any atom is -0.368 e. The molecule has 0 amide bonds. The van der Waals surface area contributed by atoms with E-state index in [9.17, 15) is 16.8 Å². The first-order chi connectivity index (χ1) is 12.5. The second-order valence-electron chi connectivity index (χ2n) is 5.68. The summed E-state index contributed by atoms with van der Waals surface area (Å²) in [6.45, 7) is 1.51. The van der Waals surface area contributed by atoms with Crippen LogP contribution in [0.2, 0.25) is 0 Å². The Morgan fingerprint density at radius 3 is 2.00 bits per heavy atom. The molecule has 0 aliphatic carbocycles. The summed E-state index contributed by atoms with van der Waals surface area (Å²) in [5.41, 5.74) is 0.733. The Morgan fingerprint density at radius 2 is 1.50 bits per heavy atom. The van der Waals surface area contributed by atoms with Crippen LogP contribution >= 0.6 is 0 Å². The van der Waals surface area contributed by atoms with Gasteiger partial charge in [-0.25, -0.2) is 8.37 Å². The fourth-order valence-corrected chi connectivity index (χ4v) is 3.63. The summed E-state index contributed by atoms with van der Waals surface area (Å²) in [5.74, 6) is 0. The molecule has 1 aliphatic rings. The summed E-state index contributed by atoms with van der Waals surface area (Å²) in [6, 6.07) is 8.81. The van der Waals surface area contributed by atoms with E-state index in [2.05, 4.69) is 8.37 Å². The molecule has 28 heavy (non-hydrogen) atoms. The third kappa shape index (κ3) is 7.93. The molecule has 1 fully saturated rings.